The number of carbonyl (C=O) groups excluding carboxylic acids is 1. The summed E-state index contributed by atoms with van der Waals surface area (Å²) in [5.41, 5.74) is 1.63. The summed E-state index contributed by atoms with van der Waals surface area (Å²) in [4.78, 5) is 11.5. The summed E-state index contributed by atoms with van der Waals surface area (Å²) in [6.07, 6.45) is -8.20. The first-order valence-electron chi connectivity index (χ1n) is 11.7. The number of carbonyl (C=O) groups is 1. The van der Waals surface area contributed by atoms with Crippen molar-refractivity contribution in [3.05, 3.63) is 40.8 Å². The van der Waals surface area contributed by atoms with Gasteiger partial charge in [-0.2, -0.15) is 0 Å². The molecule has 0 spiro atoms. The highest BCUT2D eigenvalue weighted by atomic mass is 19.1. The van der Waals surface area contributed by atoms with Gasteiger partial charge in [0.05, 0.1) is 13.7 Å². The summed E-state index contributed by atoms with van der Waals surface area (Å²) in [7, 11) is 1.35. The van der Waals surface area contributed by atoms with E-state index in [9.17, 15) is 29.6 Å². The number of hydrogen-bond donors (Lipinski definition) is 4. The highest BCUT2D eigenvalue weighted by Gasteiger charge is 2.56. The summed E-state index contributed by atoms with van der Waals surface area (Å²) in [6, 6.07) is 4.29. The fourth-order valence-electron chi connectivity index (χ4n) is 3.98. The quantitative estimate of drug-likeness (QED) is 0.273. The Balaban J connectivity index is 1.92. The number of halogens is 1. The number of hydrogen-bond acceptors (Lipinski definition) is 11. The SMILES string of the molecule is CCOC(=O)OC[C@H]1O[C@](O)(Oc2nn(C(C)C)c(C)c2Cc2ccc(OC)c(F)c2)[C@H](O)[C@@H](O)[C@@H]1O. The van der Waals surface area contributed by atoms with Crippen LogP contribution in [0.4, 0.5) is 9.18 Å². The number of nitrogens with zero attached hydrogens (tertiary/aromatic N) is 2. The molecule has 5 atom stereocenters. The van der Waals surface area contributed by atoms with Gasteiger partial charge in [0.25, 0.3) is 0 Å². The molecule has 2 heterocycles. The molecule has 1 aromatic heterocycles. The van der Waals surface area contributed by atoms with Crippen LogP contribution < -0.4 is 9.47 Å². The van der Waals surface area contributed by atoms with Crippen LogP contribution in [0.2, 0.25) is 0 Å². The maximum Gasteiger partial charge on any atom is 0.508 e. The Kier molecular flexibility index (Phi) is 8.97. The number of rotatable bonds is 9. The lowest BCUT2D eigenvalue weighted by molar-refractivity contribution is -0.423. The van der Waals surface area contributed by atoms with Crippen LogP contribution in [0.3, 0.4) is 0 Å². The van der Waals surface area contributed by atoms with E-state index in [1.807, 2.05) is 13.8 Å². The highest BCUT2D eigenvalue weighted by Crippen LogP contribution is 2.35. The number of aliphatic hydroxyl groups excluding tert-OH is 3. The van der Waals surface area contributed by atoms with Gasteiger partial charge in [0.2, 0.25) is 5.88 Å². The normalized spacial score (nSPS) is 25.7. The molecule has 1 fully saturated rings. The van der Waals surface area contributed by atoms with Crippen LogP contribution in [-0.2, 0) is 20.6 Å². The Morgan fingerprint density at radius 3 is 2.54 bits per heavy atom. The molecule has 0 saturated carbocycles. The lowest BCUT2D eigenvalue weighted by Crippen LogP contribution is -2.67. The van der Waals surface area contributed by atoms with Gasteiger partial charge >= 0.3 is 12.1 Å². The number of aromatic nitrogens is 2. The lowest BCUT2D eigenvalue weighted by Gasteiger charge is -2.44. The molecule has 13 heteroatoms. The molecule has 0 unspecified atom stereocenters. The Morgan fingerprint density at radius 2 is 1.95 bits per heavy atom. The predicted octanol–water partition coefficient (Wildman–Crippen LogP) is 1.19. The van der Waals surface area contributed by atoms with Crippen molar-refractivity contribution in [2.45, 2.75) is 70.5 Å². The first-order chi connectivity index (χ1) is 17.4. The average molecular weight is 529 g/mol. The molecule has 1 saturated heterocycles. The summed E-state index contributed by atoms with van der Waals surface area (Å²) >= 11 is 0. The Labute approximate surface area is 213 Å². The average Bonchev–Trinajstić information content (AvgIpc) is 3.14. The first kappa shape index (κ1) is 28.6. The summed E-state index contributed by atoms with van der Waals surface area (Å²) in [6.45, 7) is 6.48. The molecule has 0 aliphatic carbocycles. The van der Waals surface area contributed by atoms with Gasteiger partial charge in [0.1, 0.15) is 24.9 Å². The first-order valence-corrected chi connectivity index (χ1v) is 11.7. The monoisotopic (exact) mass is 528 g/mol. The van der Waals surface area contributed by atoms with Gasteiger partial charge in [-0.3, -0.25) is 4.68 Å². The van der Waals surface area contributed by atoms with E-state index in [2.05, 4.69) is 9.84 Å². The van der Waals surface area contributed by atoms with E-state index in [0.29, 0.717) is 16.8 Å². The van der Waals surface area contributed by atoms with E-state index in [4.69, 9.17) is 18.9 Å². The van der Waals surface area contributed by atoms with Crippen LogP contribution in [0, 0.1) is 12.7 Å². The second-order valence-corrected chi connectivity index (χ2v) is 8.86. The van der Waals surface area contributed by atoms with Gasteiger partial charge in [0.15, 0.2) is 17.7 Å². The van der Waals surface area contributed by atoms with Gasteiger partial charge in [0, 0.05) is 23.7 Å². The van der Waals surface area contributed by atoms with Gasteiger partial charge in [-0.25, -0.2) is 9.18 Å². The van der Waals surface area contributed by atoms with E-state index in [1.165, 1.54) is 19.2 Å². The maximum absolute atomic E-state index is 14.3. The standard InChI is InChI=1S/C24H33FN2O10/c1-6-34-23(31)35-11-18-19(28)20(29)21(30)24(32,36-18)37-22-15(13(4)27(26-22)12(2)3)9-14-7-8-17(33-5)16(25)10-14/h7-8,10,12,18-21,28-30,32H,6,9,11H2,1-5H3/t18-,19-,20+,21-,24+/m1/s1. The number of methoxy groups -OCH3 is 1. The fraction of sp³-hybridized carbons (Fsp3) is 0.583. The zero-order valence-electron chi connectivity index (χ0n) is 21.3. The molecule has 3 rings (SSSR count). The zero-order chi connectivity index (χ0) is 27.5. The second kappa shape index (κ2) is 11.6. The van der Waals surface area contributed by atoms with E-state index in [0.717, 1.165) is 0 Å². The molecule has 0 amide bonds. The molecule has 1 aromatic carbocycles. The Morgan fingerprint density at radius 1 is 1.24 bits per heavy atom. The van der Waals surface area contributed by atoms with Crippen molar-refractivity contribution in [3.63, 3.8) is 0 Å². The number of aliphatic hydroxyl groups is 4. The van der Waals surface area contributed by atoms with E-state index in [-0.39, 0.29) is 30.7 Å². The minimum Gasteiger partial charge on any atom is -0.494 e. The smallest absolute Gasteiger partial charge is 0.494 e. The number of benzene rings is 1. The van der Waals surface area contributed by atoms with E-state index >= 15 is 0 Å². The van der Waals surface area contributed by atoms with Crippen LogP contribution >= 0.6 is 0 Å². The lowest BCUT2D eigenvalue weighted by atomic mass is 9.97. The number of ether oxygens (including phenoxy) is 5. The van der Waals surface area contributed by atoms with E-state index < -0.39 is 49.0 Å². The van der Waals surface area contributed by atoms with Crippen molar-refractivity contribution in [1.29, 1.82) is 0 Å². The van der Waals surface area contributed by atoms with Crippen LogP contribution in [0.1, 0.15) is 43.6 Å². The van der Waals surface area contributed by atoms with Gasteiger partial charge in [-0.15, -0.1) is 5.10 Å². The molecule has 1 aliphatic rings. The topological polar surface area (TPSA) is 162 Å². The van der Waals surface area contributed by atoms with Crippen LogP contribution in [-0.4, -0.2) is 87.1 Å². The van der Waals surface area contributed by atoms with Crippen LogP contribution in [0.25, 0.3) is 0 Å². The maximum atomic E-state index is 14.3. The van der Waals surface area contributed by atoms with Crippen molar-refractivity contribution in [3.8, 4) is 11.6 Å². The summed E-state index contributed by atoms with van der Waals surface area (Å²) < 4.78 is 41.4. The predicted molar refractivity (Wildman–Crippen MR) is 125 cm³/mol. The molecule has 0 radical (unpaired) electrons. The molecular formula is C24H33FN2O10. The third-order valence-electron chi connectivity index (χ3n) is 5.94. The highest BCUT2D eigenvalue weighted by molar-refractivity contribution is 5.59. The van der Waals surface area contributed by atoms with Crippen molar-refractivity contribution in [2.24, 2.45) is 0 Å². The largest absolute Gasteiger partial charge is 0.508 e. The van der Waals surface area contributed by atoms with Crippen LogP contribution in [0.15, 0.2) is 18.2 Å². The van der Waals surface area contributed by atoms with Crippen molar-refractivity contribution in [1.82, 2.24) is 9.78 Å². The third-order valence-corrected chi connectivity index (χ3v) is 5.94. The second-order valence-electron chi connectivity index (χ2n) is 8.86. The molecule has 12 nitrogen and oxygen atoms in total. The summed E-state index contributed by atoms with van der Waals surface area (Å²) in [5, 5.41) is 46.7. The van der Waals surface area contributed by atoms with Gasteiger partial charge in [-0.05, 0) is 45.4 Å². The van der Waals surface area contributed by atoms with Gasteiger partial charge in [-0.1, -0.05) is 6.07 Å². The van der Waals surface area contributed by atoms with Gasteiger partial charge < -0.3 is 44.1 Å². The molecule has 0 bridgehead atoms. The Hall–Kier alpha value is -2.97. The molecule has 37 heavy (non-hydrogen) atoms. The molecule has 1 aliphatic heterocycles. The van der Waals surface area contributed by atoms with E-state index in [1.54, 1.807) is 24.6 Å². The minimum absolute atomic E-state index is 0.0417. The third kappa shape index (κ3) is 6.13. The van der Waals surface area contributed by atoms with Crippen LogP contribution in [0.5, 0.6) is 11.6 Å². The zero-order valence-corrected chi connectivity index (χ0v) is 21.3. The van der Waals surface area contributed by atoms with Crippen molar-refractivity contribution in [2.75, 3.05) is 20.3 Å². The summed E-state index contributed by atoms with van der Waals surface area (Å²) in [5.74, 6) is -3.53. The molecule has 206 valence electrons. The fourth-order valence-corrected chi connectivity index (χ4v) is 3.98. The molecule has 2 aromatic rings. The van der Waals surface area contributed by atoms with Crippen molar-refractivity contribution >= 4 is 6.16 Å². The minimum atomic E-state index is -2.89. The van der Waals surface area contributed by atoms with Crippen molar-refractivity contribution < 1.29 is 53.3 Å². The molecular weight excluding hydrogens is 495 g/mol. The Bertz CT molecular complexity index is 1090. The molecule has 4 N–H and O–H groups in total.